The van der Waals surface area contributed by atoms with Crippen LogP contribution in [0.25, 0.3) is 0 Å². The number of rotatable bonds is 0. The van der Waals surface area contributed by atoms with Gasteiger partial charge in [0.15, 0.2) is 5.89 Å². The molecule has 0 radical (unpaired) electrons. The van der Waals surface area contributed by atoms with Crippen molar-refractivity contribution in [2.24, 2.45) is 0 Å². The molecule has 0 aromatic carbocycles. The first-order valence-electron chi connectivity index (χ1n) is 5.36. The highest BCUT2D eigenvalue weighted by molar-refractivity contribution is 7.11. The highest BCUT2D eigenvalue weighted by Gasteiger charge is 1.87. The Morgan fingerprint density at radius 2 is 1.62 bits per heavy atom. The summed E-state index contributed by atoms with van der Waals surface area (Å²) in [5, 5.41) is 1.15. The van der Waals surface area contributed by atoms with Crippen molar-refractivity contribution >= 4 is 11.3 Å². The van der Waals surface area contributed by atoms with Gasteiger partial charge in [-0.15, -0.1) is 11.3 Å². The minimum absolute atomic E-state index is 0.734. The minimum atomic E-state index is 0.734. The lowest BCUT2D eigenvalue weighted by atomic mass is 10.6. The molecular formula is C12H20N2OS. The first kappa shape index (κ1) is 14.8. The van der Waals surface area contributed by atoms with E-state index in [2.05, 4.69) is 16.9 Å². The zero-order chi connectivity index (χ0) is 12.6. The van der Waals surface area contributed by atoms with E-state index in [1.165, 1.54) is 4.88 Å². The van der Waals surface area contributed by atoms with Crippen LogP contribution in [0, 0.1) is 27.7 Å². The average Bonchev–Trinajstić information content (AvgIpc) is 2.80. The van der Waals surface area contributed by atoms with E-state index in [4.69, 9.17) is 4.42 Å². The van der Waals surface area contributed by atoms with Gasteiger partial charge in [0.1, 0.15) is 5.76 Å². The summed E-state index contributed by atoms with van der Waals surface area (Å²) in [6.07, 6.45) is 3.59. The molecule has 0 bridgehead atoms. The molecule has 0 saturated carbocycles. The Balaban J connectivity index is 0.000000244. The highest BCUT2D eigenvalue weighted by Crippen LogP contribution is 2.07. The number of thiazole rings is 1. The maximum absolute atomic E-state index is 4.97. The Morgan fingerprint density at radius 3 is 1.75 bits per heavy atom. The topological polar surface area (TPSA) is 38.9 Å². The SMILES string of the molecule is CC.Cc1cnc(C)o1.Cc1cnc(C)s1. The van der Waals surface area contributed by atoms with Crippen molar-refractivity contribution in [1.82, 2.24) is 9.97 Å². The molecule has 0 unspecified atom stereocenters. The van der Waals surface area contributed by atoms with Crippen molar-refractivity contribution in [3.63, 3.8) is 0 Å². The molecular weight excluding hydrogens is 220 g/mol. The van der Waals surface area contributed by atoms with Crippen molar-refractivity contribution in [2.75, 3.05) is 0 Å². The van der Waals surface area contributed by atoms with Gasteiger partial charge in [-0.2, -0.15) is 0 Å². The molecule has 4 heteroatoms. The largest absolute Gasteiger partial charge is 0.446 e. The molecule has 0 N–H and O–H groups in total. The van der Waals surface area contributed by atoms with Gasteiger partial charge in [0, 0.05) is 18.0 Å². The Hall–Kier alpha value is -1.16. The van der Waals surface area contributed by atoms with Gasteiger partial charge in [-0.3, -0.25) is 0 Å². The number of oxazole rings is 1. The van der Waals surface area contributed by atoms with Crippen LogP contribution in [0.15, 0.2) is 16.8 Å². The van der Waals surface area contributed by atoms with Gasteiger partial charge >= 0.3 is 0 Å². The van der Waals surface area contributed by atoms with Gasteiger partial charge < -0.3 is 4.42 Å². The molecule has 3 nitrogen and oxygen atoms in total. The summed E-state index contributed by atoms with van der Waals surface area (Å²) in [6, 6.07) is 0. The lowest BCUT2D eigenvalue weighted by molar-refractivity contribution is 0.494. The summed E-state index contributed by atoms with van der Waals surface area (Å²) < 4.78 is 4.97. The molecule has 0 aliphatic heterocycles. The smallest absolute Gasteiger partial charge is 0.191 e. The lowest BCUT2D eigenvalue weighted by Gasteiger charge is -1.73. The van der Waals surface area contributed by atoms with E-state index >= 15 is 0 Å². The molecule has 90 valence electrons. The molecule has 0 saturated heterocycles. The third kappa shape index (κ3) is 6.35. The third-order valence-electron chi connectivity index (χ3n) is 1.47. The van der Waals surface area contributed by atoms with Crippen LogP contribution in [-0.2, 0) is 0 Å². The number of hydrogen-bond donors (Lipinski definition) is 0. The van der Waals surface area contributed by atoms with Crippen LogP contribution in [0.1, 0.15) is 35.4 Å². The summed E-state index contributed by atoms with van der Waals surface area (Å²) in [5.74, 6) is 1.61. The van der Waals surface area contributed by atoms with Gasteiger partial charge in [0.2, 0.25) is 0 Å². The summed E-state index contributed by atoms with van der Waals surface area (Å²) in [6.45, 7) is 11.8. The third-order valence-corrected chi connectivity index (χ3v) is 2.30. The van der Waals surface area contributed by atoms with Gasteiger partial charge in [0.05, 0.1) is 11.2 Å². The van der Waals surface area contributed by atoms with Crippen LogP contribution in [0.5, 0.6) is 0 Å². The number of hydrogen-bond acceptors (Lipinski definition) is 4. The van der Waals surface area contributed by atoms with Crippen LogP contribution in [0.2, 0.25) is 0 Å². The molecule has 2 rings (SSSR count). The van der Waals surface area contributed by atoms with E-state index in [0.717, 1.165) is 16.7 Å². The second kappa shape index (κ2) is 8.05. The standard InChI is InChI=1S/C5H7NO.C5H7NS.C2H6/c2*1-4-3-6-5(2)7-4;1-2/h2*3H,1-2H3;1-2H3. The van der Waals surface area contributed by atoms with Crippen molar-refractivity contribution in [3.05, 3.63) is 33.9 Å². The Bertz CT molecular complexity index is 322. The van der Waals surface area contributed by atoms with Crippen molar-refractivity contribution < 1.29 is 4.42 Å². The fourth-order valence-electron chi connectivity index (χ4n) is 0.935. The lowest BCUT2D eigenvalue weighted by Crippen LogP contribution is -1.59. The molecule has 0 amide bonds. The maximum Gasteiger partial charge on any atom is 0.191 e. The summed E-state index contributed by atoms with van der Waals surface area (Å²) in [4.78, 5) is 9.17. The molecule has 2 aromatic rings. The molecule has 0 fully saturated rings. The van der Waals surface area contributed by atoms with Gasteiger partial charge in [-0.25, -0.2) is 9.97 Å². The molecule has 0 aliphatic carbocycles. The Kier molecular flexibility index (Phi) is 7.46. The van der Waals surface area contributed by atoms with Crippen LogP contribution < -0.4 is 0 Å². The fraction of sp³-hybridized carbons (Fsp3) is 0.500. The van der Waals surface area contributed by atoms with E-state index in [9.17, 15) is 0 Å². The van der Waals surface area contributed by atoms with E-state index in [0.29, 0.717) is 0 Å². The summed E-state index contributed by atoms with van der Waals surface area (Å²) in [7, 11) is 0. The molecule has 2 heterocycles. The Morgan fingerprint density at radius 1 is 1.00 bits per heavy atom. The van der Waals surface area contributed by atoms with E-state index < -0.39 is 0 Å². The van der Waals surface area contributed by atoms with Crippen molar-refractivity contribution in [1.29, 1.82) is 0 Å². The van der Waals surface area contributed by atoms with Gasteiger partial charge in [-0.1, -0.05) is 13.8 Å². The van der Waals surface area contributed by atoms with Crippen LogP contribution in [0.3, 0.4) is 0 Å². The van der Waals surface area contributed by atoms with Gasteiger partial charge in [-0.05, 0) is 20.8 Å². The highest BCUT2D eigenvalue weighted by atomic mass is 32.1. The molecule has 0 spiro atoms. The quantitative estimate of drug-likeness (QED) is 0.696. The average molecular weight is 240 g/mol. The van der Waals surface area contributed by atoms with Crippen LogP contribution >= 0.6 is 11.3 Å². The summed E-state index contributed by atoms with van der Waals surface area (Å²) >= 11 is 1.73. The van der Waals surface area contributed by atoms with Crippen LogP contribution in [-0.4, -0.2) is 9.97 Å². The van der Waals surface area contributed by atoms with E-state index in [1.807, 2.05) is 40.8 Å². The zero-order valence-electron chi connectivity index (χ0n) is 10.9. The molecule has 0 atom stereocenters. The number of nitrogens with zero attached hydrogens (tertiary/aromatic N) is 2. The van der Waals surface area contributed by atoms with Crippen LogP contribution in [0.4, 0.5) is 0 Å². The van der Waals surface area contributed by atoms with Crippen molar-refractivity contribution in [2.45, 2.75) is 41.5 Å². The normalized spacial score (nSPS) is 8.62. The maximum atomic E-state index is 4.97. The second-order valence-corrected chi connectivity index (χ2v) is 4.42. The first-order chi connectivity index (χ1) is 7.58. The van der Waals surface area contributed by atoms with E-state index in [-0.39, 0.29) is 0 Å². The van der Waals surface area contributed by atoms with E-state index in [1.54, 1.807) is 17.5 Å². The van der Waals surface area contributed by atoms with Gasteiger partial charge in [0.25, 0.3) is 0 Å². The molecule has 0 aliphatic rings. The van der Waals surface area contributed by atoms with Crippen molar-refractivity contribution in [3.8, 4) is 0 Å². The minimum Gasteiger partial charge on any atom is -0.446 e. The zero-order valence-corrected chi connectivity index (χ0v) is 11.7. The monoisotopic (exact) mass is 240 g/mol. The Labute approximate surface area is 102 Å². The predicted octanol–water partition coefficient (Wildman–Crippen LogP) is 4.08. The number of aryl methyl sites for hydroxylation is 4. The molecule has 16 heavy (non-hydrogen) atoms. The molecule has 2 aromatic heterocycles. The summed E-state index contributed by atoms with van der Waals surface area (Å²) in [5.41, 5.74) is 0. The number of aromatic nitrogens is 2. The second-order valence-electron chi connectivity index (χ2n) is 2.98. The fourth-order valence-corrected chi connectivity index (χ4v) is 1.61. The predicted molar refractivity (Wildman–Crippen MR) is 68.9 cm³/mol. The first-order valence-corrected chi connectivity index (χ1v) is 6.17.